The summed E-state index contributed by atoms with van der Waals surface area (Å²) in [5, 5.41) is 27.2. The van der Waals surface area contributed by atoms with Crippen LogP contribution in [0.1, 0.15) is 48.8 Å². The van der Waals surface area contributed by atoms with Gasteiger partial charge in [-0.05, 0) is 85.2 Å². The highest BCUT2D eigenvalue weighted by atomic mass is 15.0. The number of nitriles is 3. The molecule has 0 radical (unpaired) electrons. The van der Waals surface area contributed by atoms with E-state index in [0.29, 0.717) is 19.3 Å². The number of nitrogens with zero attached hydrogens (tertiary/aromatic N) is 9. The molecule has 0 atom stereocenters. The predicted molar refractivity (Wildman–Crippen MR) is 173 cm³/mol. The SMILES string of the molecule is C=CCC(C#N)(CC=C)c1ccn2ccnc2c1.N#CC1(c2ccn3ccnc3c2)CCC1.N#CCc1ccn2ccnc2c1. The highest BCUT2D eigenvalue weighted by molar-refractivity contribution is 5.48. The van der Waals surface area contributed by atoms with E-state index in [4.69, 9.17) is 5.26 Å². The standard InChI is InChI=1S/C15H15N3.C12H11N3.C9H7N3/c1-3-6-15(12-16,7-4-2)13-5-9-18-10-8-17-14(18)11-13;13-9-12(3-1-4-12)10-2-6-15-7-5-14-11(15)8-10;10-3-1-8-2-5-12-6-4-11-9(12)7-8/h3-5,8-11H,1-2,6-7H2;2,5-8H,1,3-4H2;2,4-7H,1H2. The molecule has 0 amide bonds. The van der Waals surface area contributed by atoms with Gasteiger partial charge in [0.1, 0.15) is 16.9 Å². The van der Waals surface area contributed by atoms with Gasteiger partial charge in [-0.3, -0.25) is 0 Å². The average Bonchev–Trinajstić information content (AvgIpc) is 3.82. The first-order valence-electron chi connectivity index (χ1n) is 14.7. The molecule has 7 rings (SSSR count). The van der Waals surface area contributed by atoms with E-state index >= 15 is 0 Å². The van der Waals surface area contributed by atoms with E-state index in [1.807, 2.05) is 86.8 Å². The zero-order valence-electron chi connectivity index (χ0n) is 25.0. The Kier molecular flexibility index (Phi) is 9.17. The van der Waals surface area contributed by atoms with Crippen molar-refractivity contribution in [2.24, 2.45) is 0 Å². The lowest BCUT2D eigenvalue weighted by Crippen LogP contribution is -2.32. The Balaban J connectivity index is 0.000000136. The number of fused-ring (bicyclic) bond motifs is 3. The molecule has 6 aromatic heterocycles. The van der Waals surface area contributed by atoms with Crippen molar-refractivity contribution in [3.05, 3.63) is 134 Å². The van der Waals surface area contributed by atoms with Gasteiger partial charge < -0.3 is 13.2 Å². The third-order valence-corrected chi connectivity index (χ3v) is 8.27. The maximum Gasteiger partial charge on any atom is 0.136 e. The molecule has 6 heterocycles. The van der Waals surface area contributed by atoms with Gasteiger partial charge in [0.25, 0.3) is 0 Å². The van der Waals surface area contributed by atoms with Crippen LogP contribution in [0, 0.1) is 34.0 Å². The summed E-state index contributed by atoms with van der Waals surface area (Å²) in [4.78, 5) is 12.6. The predicted octanol–water partition coefficient (Wildman–Crippen LogP) is 6.93. The normalized spacial score (nSPS) is 13.2. The molecule has 9 heteroatoms. The van der Waals surface area contributed by atoms with E-state index in [1.165, 1.54) is 0 Å². The minimum absolute atomic E-state index is 0.228. The first-order valence-corrected chi connectivity index (χ1v) is 14.7. The fraction of sp³-hybridized carbons (Fsp3) is 0.222. The Morgan fingerprint density at radius 3 is 1.82 bits per heavy atom. The Labute approximate surface area is 262 Å². The molecule has 1 fully saturated rings. The molecule has 1 saturated carbocycles. The molecule has 0 N–H and O–H groups in total. The van der Waals surface area contributed by atoms with Crippen molar-refractivity contribution in [3.8, 4) is 18.2 Å². The van der Waals surface area contributed by atoms with Gasteiger partial charge in [-0.2, -0.15) is 15.8 Å². The zero-order valence-corrected chi connectivity index (χ0v) is 25.0. The molecule has 0 aromatic carbocycles. The van der Waals surface area contributed by atoms with Crippen molar-refractivity contribution in [2.45, 2.75) is 49.4 Å². The van der Waals surface area contributed by atoms with Crippen molar-refractivity contribution < 1.29 is 0 Å². The third kappa shape index (κ3) is 6.37. The van der Waals surface area contributed by atoms with Gasteiger partial charge in [0.2, 0.25) is 0 Å². The van der Waals surface area contributed by atoms with Crippen LogP contribution in [0.2, 0.25) is 0 Å². The third-order valence-electron chi connectivity index (χ3n) is 8.27. The van der Waals surface area contributed by atoms with Crippen molar-refractivity contribution >= 4 is 16.9 Å². The van der Waals surface area contributed by atoms with Gasteiger partial charge >= 0.3 is 0 Å². The van der Waals surface area contributed by atoms with Crippen LogP contribution in [-0.4, -0.2) is 28.2 Å². The second-order valence-corrected chi connectivity index (χ2v) is 11.0. The molecule has 6 aromatic rings. The topological polar surface area (TPSA) is 123 Å². The molecule has 9 nitrogen and oxygen atoms in total. The summed E-state index contributed by atoms with van der Waals surface area (Å²) in [5.74, 6) is 0. The summed E-state index contributed by atoms with van der Waals surface area (Å²) in [6.07, 6.45) is 25.1. The van der Waals surface area contributed by atoms with Gasteiger partial charge in [0.15, 0.2) is 0 Å². The number of hydrogen-bond donors (Lipinski definition) is 0. The van der Waals surface area contributed by atoms with E-state index in [0.717, 1.165) is 52.9 Å². The molecular formula is C36H33N9. The summed E-state index contributed by atoms with van der Waals surface area (Å²) in [6, 6.07) is 18.8. The van der Waals surface area contributed by atoms with Crippen molar-refractivity contribution in [2.75, 3.05) is 0 Å². The molecule has 0 unspecified atom stereocenters. The molecule has 1 aliphatic rings. The second-order valence-electron chi connectivity index (χ2n) is 11.0. The lowest BCUT2D eigenvalue weighted by Gasteiger charge is -2.35. The minimum atomic E-state index is -0.586. The van der Waals surface area contributed by atoms with E-state index in [1.54, 1.807) is 30.7 Å². The zero-order chi connectivity index (χ0) is 31.7. The molecule has 1 aliphatic carbocycles. The van der Waals surface area contributed by atoms with Crippen LogP contribution < -0.4 is 0 Å². The first kappa shape index (κ1) is 30.5. The lowest BCUT2D eigenvalue weighted by molar-refractivity contribution is 0.324. The molecule has 0 spiro atoms. The van der Waals surface area contributed by atoms with Crippen LogP contribution in [0.3, 0.4) is 0 Å². The molecule has 0 aliphatic heterocycles. The van der Waals surface area contributed by atoms with E-state index in [9.17, 15) is 10.5 Å². The summed E-state index contributed by atoms with van der Waals surface area (Å²) in [7, 11) is 0. The van der Waals surface area contributed by atoms with E-state index < -0.39 is 5.41 Å². The fourth-order valence-corrected chi connectivity index (χ4v) is 5.53. The molecular weight excluding hydrogens is 558 g/mol. The largest absolute Gasteiger partial charge is 0.307 e. The Morgan fingerprint density at radius 1 is 0.756 bits per heavy atom. The highest BCUT2D eigenvalue weighted by Crippen LogP contribution is 2.43. The van der Waals surface area contributed by atoms with Crippen molar-refractivity contribution in [1.82, 2.24) is 28.2 Å². The second kappa shape index (κ2) is 13.5. The lowest BCUT2D eigenvalue weighted by atomic mass is 9.66. The van der Waals surface area contributed by atoms with Crippen LogP contribution in [0.15, 0.2) is 117 Å². The monoisotopic (exact) mass is 591 g/mol. The first-order chi connectivity index (χ1) is 22.0. The van der Waals surface area contributed by atoms with Crippen molar-refractivity contribution in [3.63, 3.8) is 0 Å². The average molecular weight is 592 g/mol. The number of rotatable bonds is 7. The molecule has 0 saturated heterocycles. The molecule has 222 valence electrons. The van der Waals surface area contributed by atoms with Crippen LogP contribution in [0.4, 0.5) is 0 Å². The highest BCUT2D eigenvalue weighted by Gasteiger charge is 2.39. The van der Waals surface area contributed by atoms with Gasteiger partial charge in [0.05, 0.1) is 35.5 Å². The number of imidazole rings is 3. The number of pyridine rings is 3. The Morgan fingerprint density at radius 2 is 1.31 bits per heavy atom. The van der Waals surface area contributed by atoms with Gasteiger partial charge in [0, 0.05) is 55.8 Å². The summed E-state index contributed by atoms with van der Waals surface area (Å²) in [5.41, 5.74) is 4.94. The summed E-state index contributed by atoms with van der Waals surface area (Å²) in [6.45, 7) is 7.49. The molecule has 45 heavy (non-hydrogen) atoms. The Bertz CT molecular complexity index is 2060. The van der Waals surface area contributed by atoms with Crippen LogP contribution in [0.5, 0.6) is 0 Å². The van der Waals surface area contributed by atoms with Gasteiger partial charge in [-0.1, -0.05) is 12.2 Å². The van der Waals surface area contributed by atoms with Gasteiger partial charge in [-0.15, -0.1) is 13.2 Å². The quantitative estimate of drug-likeness (QED) is 0.186. The smallest absolute Gasteiger partial charge is 0.136 e. The van der Waals surface area contributed by atoms with Gasteiger partial charge in [-0.25, -0.2) is 15.0 Å². The van der Waals surface area contributed by atoms with Crippen LogP contribution >= 0.6 is 0 Å². The number of hydrogen-bond acceptors (Lipinski definition) is 6. The molecule has 0 bridgehead atoms. The number of allylic oxidation sites excluding steroid dienone is 2. The van der Waals surface area contributed by atoms with Crippen molar-refractivity contribution in [1.29, 1.82) is 15.8 Å². The number of aromatic nitrogens is 6. The maximum absolute atomic E-state index is 9.54. The summed E-state index contributed by atoms with van der Waals surface area (Å²) >= 11 is 0. The fourth-order valence-electron chi connectivity index (χ4n) is 5.53. The summed E-state index contributed by atoms with van der Waals surface area (Å²) < 4.78 is 5.81. The minimum Gasteiger partial charge on any atom is -0.307 e. The van der Waals surface area contributed by atoms with Crippen LogP contribution in [0.25, 0.3) is 16.9 Å². The van der Waals surface area contributed by atoms with E-state index in [-0.39, 0.29) is 5.41 Å². The Hall–Kier alpha value is -5.98. The maximum atomic E-state index is 9.54. The van der Waals surface area contributed by atoms with Crippen LogP contribution in [-0.2, 0) is 17.3 Å². The van der Waals surface area contributed by atoms with E-state index in [2.05, 4.69) is 46.3 Å².